The van der Waals surface area contributed by atoms with Gasteiger partial charge in [-0.25, -0.2) is 14.8 Å². The number of aromatic nitrogens is 4. The van der Waals surface area contributed by atoms with Gasteiger partial charge in [-0.05, 0) is 40.5 Å². The molecule has 3 amide bonds. The van der Waals surface area contributed by atoms with Crippen molar-refractivity contribution in [3.63, 3.8) is 0 Å². The summed E-state index contributed by atoms with van der Waals surface area (Å²) in [6.45, 7) is 8.93. The van der Waals surface area contributed by atoms with Crippen molar-refractivity contribution < 1.29 is 38.1 Å². The average molecular weight is 775 g/mol. The molecule has 6 N–H and O–H groups in total. The number of ether oxygens (including phenoxy) is 5. The molecule has 1 aliphatic heterocycles. The number of rotatable bonds is 20. The molecule has 1 aliphatic rings. The normalized spacial score (nSPS) is 15.2. The summed E-state index contributed by atoms with van der Waals surface area (Å²) in [6.07, 6.45) is 2.96. The number of imidazole rings is 2. The van der Waals surface area contributed by atoms with Crippen LogP contribution in [-0.2, 0) is 33.3 Å². The standard InChI is InChI=1S/C40H54N8O8/c1-23(2)33(47-37(49)29(16-18-52-5)45-39(51)54-7)35-41-20-31(43-35)27-12-8-25(9-13-27)26-10-14-28(15-11-26)32-21-42-36(44-32)34(24(3)4)48-38(50)30(17-19-53-6)46-40-55-22-56-40/h8-15,20-21,23-24,29-30,33-34,40,46H,16-19,22H2,1-7H3,(H,41,43)(H,42,44)(H,45,51)(H,47,49)(H,48,50)/t29-,30-,33+,34+/m0/s1. The summed E-state index contributed by atoms with van der Waals surface area (Å²) in [5, 5.41) is 11.8. The lowest BCUT2D eigenvalue weighted by molar-refractivity contribution is -0.335. The van der Waals surface area contributed by atoms with Crippen LogP contribution in [0, 0.1) is 11.8 Å². The third-order valence-corrected chi connectivity index (χ3v) is 9.54. The summed E-state index contributed by atoms with van der Waals surface area (Å²) in [6, 6.07) is 14.2. The van der Waals surface area contributed by atoms with Gasteiger partial charge in [-0.2, -0.15) is 0 Å². The molecule has 0 spiro atoms. The van der Waals surface area contributed by atoms with Crippen LogP contribution in [0.2, 0.25) is 0 Å². The first-order valence-corrected chi connectivity index (χ1v) is 18.7. The molecule has 4 atom stereocenters. The number of carbonyl (C=O) groups is 3. The molecule has 16 heteroatoms. The number of carbonyl (C=O) groups excluding carboxylic acids is 3. The lowest BCUT2D eigenvalue weighted by Crippen LogP contribution is -2.55. The number of nitrogens with one attached hydrogen (secondary N) is 6. The van der Waals surface area contributed by atoms with E-state index in [2.05, 4.69) is 53.3 Å². The topological polar surface area (TPSA) is 203 Å². The lowest BCUT2D eigenvalue weighted by atomic mass is 10.0. The fourth-order valence-corrected chi connectivity index (χ4v) is 6.20. The molecular formula is C40H54N8O8. The second-order valence-corrected chi connectivity index (χ2v) is 14.2. The van der Waals surface area contributed by atoms with Gasteiger partial charge in [0, 0.05) is 33.9 Å². The SMILES string of the molecule is COCC[C@H](NC(=O)OC)C(=O)N[C@@H](c1ncc(-c2ccc(-c3ccc(-c4cnc([C@H](NC(=O)[C@H](CCOC)NC5OCO5)C(C)C)[nH]4)cc3)cc2)[nH]1)C(C)C. The number of hydrogen-bond donors (Lipinski definition) is 6. The van der Waals surface area contributed by atoms with Crippen LogP contribution >= 0.6 is 0 Å². The zero-order valence-electron chi connectivity index (χ0n) is 33.0. The van der Waals surface area contributed by atoms with Gasteiger partial charge in [0.2, 0.25) is 18.2 Å². The Kier molecular flexibility index (Phi) is 15.1. The average Bonchev–Trinajstić information content (AvgIpc) is 3.88. The second kappa shape index (κ2) is 20.2. The number of alkyl carbamates (subject to hydrolysis) is 1. The Hall–Kier alpha value is -5.13. The highest BCUT2D eigenvalue weighted by atomic mass is 16.9. The van der Waals surface area contributed by atoms with Crippen molar-refractivity contribution in [2.75, 3.05) is 41.3 Å². The number of H-pyrrole nitrogens is 2. The molecule has 1 saturated heterocycles. The van der Waals surface area contributed by atoms with Crippen molar-refractivity contribution in [1.29, 1.82) is 0 Å². The predicted octanol–water partition coefficient (Wildman–Crippen LogP) is 4.80. The molecule has 5 rings (SSSR count). The van der Waals surface area contributed by atoms with Crippen LogP contribution < -0.4 is 21.3 Å². The Morgan fingerprint density at radius 1 is 0.679 bits per heavy atom. The van der Waals surface area contributed by atoms with Crippen LogP contribution in [0.25, 0.3) is 33.6 Å². The van der Waals surface area contributed by atoms with Crippen molar-refractivity contribution in [3.05, 3.63) is 72.6 Å². The van der Waals surface area contributed by atoms with Crippen LogP contribution in [-0.4, -0.2) is 97.7 Å². The molecule has 0 saturated carbocycles. The van der Waals surface area contributed by atoms with E-state index in [1.54, 1.807) is 19.5 Å². The molecule has 16 nitrogen and oxygen atoms in total. The van der Waals surface area contributed by atoms with E-state index >= 15 is 0 Å². The first-order chi connectivity index (χ1) is 27.0. The summed E-state index contributed by atoms with van der Waals surface area (Å²) in [4.78, 5) is 54.4. The fraction of sp³-hybridized carbons (Fsp3) is 0.475. The summed E-state index contributed by atoms with van der Waals surface area (Å²) < 4.78 is 25.6. The molecule has 56 heavy (non-hydrogen) atoms. The van der Waals surface area contributed by atoms with Crippen molar-refractivity contribution >= 4 is 17.9 Å². The van der Waals surface area contributed by atoms with Crippen molar-refractivity contribution in [3.8, 4) is 33.6 Å². The number of hydrogen-bond acceptors (Lipinski definition) is 11. The molecule has 2 aromatic heterocycles. The van der Waals surface area contributed by atoms with E-state index in [4.69, 9.17) is 23.7 Å². The third kappa shape index (κ3) is 11.0. The summed E-state index contributed by atoms with van der Waals surface area (Å²) in [5.41, 5.74) is 5.61. The molecule has 302 valence electrons. The Morgan fingerprint density at radius 3 is 1.50 bits per heavy atom. The van der Waals surface area contributed by atoms with E-state index in [1.165, 1.54) is 14.2 Å². The van der Waals surface area contributed by atoms with Crippen molar-refractivity contribution in [2.24, 2.45) is 11.8 Å². The van der Waals surface area contributed by atoms with Crippen LogP contribution in [0.4, 0.5) is 4.79 Å². The fourth-order valence-electron chi connectivity index (χ4n) is 6.20. The highest BCUT2D eigenvalue weighted by Gasteiger charge is 2.31. The molecule has 0 radical (unpaired) electrons. The van der Waals surface area contributed by atoms with Crippen LogP contribution in [0.5, 0.6) is 0 Å². The molecule has 0 unspecified atom stereocenters. The quantitative estimate of drug-likeness (QED) is 0.0720. The van der Waals surface area contributed by atoms with E-state index in [0.717, 1.165) is 33.6 Å². The molecule has 4 aromatic rings. The highest BCUT2D eigenvalue weighted by Crippen LogP contribution is 2.29. The highest BCUT2D eigenvalue weighted by molar-refractivity contribution is 5.86. The van der Waals surface area contributed by atoms with Gasteiger partial charge >= 0.3 is 6.09 Å². The van der Waals surface area contributed by atoms with E-state index in [1.807, 2.05) is 64.1 Å². The third-order valence-electron chi connectivity index (χ3n) is 9.54. The maximum Gasteiger partial charge on any atom is 0.407 e. The maximum atomic E-state index is 13.3. The van der Waals surface area contributed by atoms with Gasteiger partial charge in [0.25, 0.3) is 0 Å². The first kappa shape index (κ1) is 42.0. The molecule has 2 aromatic carbocycles. The largest absolute Gasteiger partial charge is 0.453 e. The lowest BCUT2D eigenvalue weighted by Gasteiger charge is -2.32. The maximum absolute atomic E-state index is 13.3. The van der Waals surface area contributed by atoms with Crippen LogP contribution in [0.1, 0.15) is 64.3 Å². The Labute approximate surface area is 327 Å². The Bertz CT molecular complexity index is 1860. The van der Waals surface area contributed by atoms with Gasteiger partial charge in [0.1, 0.15) is 17.7 Å². The minimum Gasteiger partial charge on any atom is -0.453 e. The van der Waals surface area contributed by atoms with Crippen molar-refractivity contribution in [2.45, 2.75) is 71.1 Å². The number of amides is 3. The number of aromatic amines is 2. The zero-order valence-corrected chi connectivity index (χ0v) is 33.0. The van der Waals surface area contributed by atoms with E-state index in [-0.39, 0.29) is 49.5 Å². The summed E-state index contributed by atoms with van der Waals surface area (Å²) in [7, 11) is 4.38. The van der Waals surface area contributed by atoms with E-state index in [0.29, 0.717) is 24.7 Å². The number of nitrogens with zero attached hydrogens (tertiary/aromatic N) is 2. The van der Waals surface area contributed by atoms with Gasteiger partial charge in [-0.15, -0.1) is 0 Å². The zero-order chi connectivity index (χ0) is 40.2. The minimum atomic E-state index is -0.829. The molecule has 0 bridgehead atoms. The second-order valence-electron chi connectivity index (χ2n) is 14.2. The van der Waals surface area contributed by atoms with E-state index < -0.39 is 30.6 Å². The minimum absolute atomic E-state index is 0.00465. The molecule has 0 aliphatic carbocycles. The summed E-state index contributed by atoms with van der Waals surface area (Å²) >= 11 is 0. The van der Waals surface area contributed by atoms with Gasteiger partial charge in [-0.1, -0.05) is 76.2 Å². The molecule has 1 fully saturated rings. The summed E-state index contributed by atoms with van der Waals surface area (Å²) in [5.74, 6) is 0.786. The molecular weight excluding hydrogens is 720 g/mol. The monoisotopic (exact) mass is 774 g/mol. The van der Waals surface area contributed by atoms with E-state index in [9.17, 15) is 14.4 Å². The van der Waals surface area contributed by atoms with Crippen LogP contribution in [0.3, 0.4) is 0 Å². The Morgan fingerprint density at radius 2 is 1.11 bits per heavy atom. The van der Waals surface area contributed by atoms with Gasteiger partial charge in [-0.3, -0.25) is 14.9 Å². The number of benzene rings is 2. The van der Waals surface area contributed by atoms with Gasteiger partial charge < -0.3 is 49.6 Å². The molecule has 3 heterocycles. The van der Waals surface area contributed by atoms with Crippen molar-refractivity contribution in [1.82, 2.24) is 41.2 Å². The number of methoxy groups -OCH3 is 3. The van der Waals surface area contributed by atoms with Crippen LogP contribution in [0.15, 0.2) is 60.9 Å². The van der Waals surface area contributed by atoms with Gasteiger partial charge in [0.15, 0.2) is 6.79 Å². The smallest absolute Gasteiger partial charge is 0.407 e. The van der Waals surface area contributed by atoms with Gasteiger partial charge in [0.05, 0.1) is 49.0 Å². The first-order valence-electron chi connectivity index (χ1n) is 18.7. The predicted molar refractivity (Wildman–Crippen MR) is 209 cm³/mol. The Balaban J connectivity index is 1.23.